The summed E-state index contributed by atoms with van der Waals surface area (Å²) >= 11 is 0. The van der Waals surface area contributed by atoms with Crippen LogP contribution in [0.4, 0.5) is 4.79 Å². The van der Waals surface area contributed by atoms with Crippen molar-refractivity contribution in [1.82, 2.24) is 9.80 Å². The molecule has 1 aliphatic rings. The molecule has 0 saturated carbocycles. The zero-order valence-electron chi connectivity index (χ0n) is 11.3. The Morgan fingerprint density at radius 3 is 2.33 bits per heavy atom. The van der Waals surface area contributed by atoms with Crippen LogP contribution in [0.5, 0.6) is 0 Å². The van der Waals surface area contributed by atoms with E-state index in [4.69, 9.17) is 5.73 Å². The van der Waals surface area contributed by atoms with Gasteiger partial charge in [-0.05, 0) is 19.4 Å². The largest absolute Gasteiger partial charge is 0.326 e. The first-order chi connectivity index (χ1) is 8.47. The second kappa shape index (κ2) is 4.98. The van der Waals surface area contributed by atoms with Crippen LogP contribution in [-0.2, 0) is 0 Å². The second-order valence-electron chi connectivity index (χ2n) is 5.18. The molecule has 0 radical (unpaired) electrons. The molecule has 1 aromatic carbocycles. The summed E-state index contributed by atoms with van der Waals surface area (Å²) in [5.41, 5.74) is 9.74. The van der Waals surface area contributed by atoms with E-state index in [1.807, 2.05) is 11.9 Å². The van der Waals surface area contributed by atoms with Crippen LogP contribution in [0, 0.1) is 13.8 Å². The maximum absolute atomic E-state index is 11.8. The van der Waals surface area contributed by atoms with Gasteiger partial charge in [-0.2, -0.15) is 0 Å². The summed E-state index contributed by atoms with van der Waals surface area (Å²) in [6.45, 7) is 6.29. The molecule has 0 aliphatic carbocycles. The summed E-state index contributed by atoms with van der Waals surface area (Å²) in [4.78, 5) is 15.4. The van der Waals surface area contributed by atoms with Crippen molar-refractivity contribution in [3.8, 4) is 0 Å². The van der Waals surface area contributed by atoms with E-state index in [1.165, 1.54) is 11.1 Å². The molecule has 18 heavy (non-hydrogen) atoms. The molecule has 2 amide bonds. The average Bonchev–Trinajstić information content (AvgIpc) is 2.59. The number of hydrogen-bond donors (Lipinski definition) is 1. The molecule has 4 heteroatoms. The molecule has 2 rings (SSSR count). The van der Waals surface area contributed by atoms with Gasteiger partial charge in [-0.25, -0.2) is 4.79 Å². The summed E-state index contributed by atoms with van der Waals surface area (Å²) < 4.78 is 0. The number of carbonyl (C=O) groups excluding carboxylic acids is 1. The number of benzene rings is 1. The molecular weight excluding hydrogens is 226 g/mol. The molecule has 0 aromatic heterocycles. The first kappa shape index (κ1) is 12.9. The van der Waals surface area contributed by atoms with Crippen molar-refractivity contribution in [3.63, 3.8) is 0 Å². The van der Waals surface area contributed by atoms with Crippen LogP contribution in [0.15, 0.2) is 18.2 Å². The molecule has 4 nitrogen and oxygen atoms in total. The Labute approximate surface area is 108 Å². The summed E-state index contributed by atoms with van der Waals surface area (Å²) in [7, 11) is 1.82. The van der Waals surface area contributed by atoms with E-state index in [-0.39, 0.29) is 12.1 Å². The van der Waals surface area contributed by atoms with Gasteiger partial charge in [0.05, 0.1) is 0 Å². The number of nitrogens with two attached hydrogens (primary N) is 1. The van der Waals surface area contributed by atoms with Gasteiger partial charge >= 0.3 is 6.03 Å². The van der Waals surface area contributed by atoms with Crippen LogP contribution in [0.2, 0.25) is 0 Å². The average molecular weight is 247 g/mol. The molecule has 1 heterocycles. The van der Waals surface area contributed by atoms with E-state index < -0.39 is 0 Å². The third-order valence-electron chi connectivity index (χ3n) is 3.39. The smallest absolute Gasteiger partial charge is 0.319 e. The SMILES string of the molecule is Cc1cc(C)cc(C(N)CN2CCN(C)C2=O)c1. The maximum Gasteiger partial charge on any atom is 0.319 e. The van der Waals surface area contributed by atoms with Gasteiger partial charge in [-0.1, -0.05) is 29.3 Å². The number of carbonyl (C=O) groups is 1. The maximum atomic E-state index is 11.8. The van der Waals surface area contributed by atoms with Crippen LogP contribution in [0.3, 0.4) is 0 Å². The highest BCUT2D eigenvalue weighted by molar-refractivity contribution is 5.76. The van der Waals surface area contributed by atoms with Crippen molar-refractivity contribution >= 4 is 6.03 Å². The molecule has 0 bridgehead atoms. The van der Waals surface area contributed by atoms with Crippen LogP contribution in [0.1, 0.15) is 22.7 Å². The van der Waals surface area contributed by atoms with E-state index in [2.05, 4.69) is 32.0 Å². The fraction of sp³-hybridized carbons (Fsp3) is 0.500. The van der Waals surface area contributed by atoms with E-state index in [0.29, 0.717) is 6.54 Å². The zero-order valence-corrected chi connectivity index (χ0v) is 11.3. The number of rotatable bonds is 3. The molecule has 0 spiro atoms. The van der Waals surface area contributed by atoms with Gasteiger partial charge in [0, 0.05) is 32.7 Å². The Morgan fingerprint density at radius 2 is 1.83 bits per heavy atom. The normalized spacial score (nSPS) is 17.4. The lowest BCUT2D eigenvalue weighted by atomic mass is 10.0. The quantitative estimate of drug-likeness (QED) is 0.883. The van der Waals surface area contributed by atoms with E-state index in [1.54, 1.807) is 4.90 Å². The number of likely N-dealkylation sites (N-methyl/N-ethyl adjacent to an activating group) is 1. The first-order valence-corrected chi connectivity index (χ1v) is 6.31. The van der Waals surface area contributed by atoms with E-state index >= 15 is 0 Å². The highest BCUT2D eigenvalue weighted by Crippen LogP contribution is 2.18. The van der Waals surface area contributed by atoms with Gasteiger partial charge in [0.15, 0.2) is 0 Å². The van der Waals surface area contributed by atoms with Crippen molar-refractivity contribution in [3.05, 3.63) is 34.9 Å². The third-order valence-corrected chi connectivity index (χ3v) is 3.39. The fourth-order valence-corrected chi connectivity index (χ4v) is 2.44. The zero-order chi connectivity index (χ0) is 13.3. The summed E-state index contributed by atoms with van der Waals surface area (Å²) in [5, 5.41) is 0. The van der Waals surface area contributed by atoms with E-state index in [0.717, 1.165) is 18.7 Å². The van der Waals surface area contributed by atoms with Crippen molar-refractivity contribution in [2.45, 2.75) is 19.9 Å². The van der Waals surface area contributed by atoms with Gasteiger partial charge in [-0.15, -0.1) is 0 Å². The third kappa shape index (κ3) is 2.64. The number of nitrogens with zero attached hydrogens (tertiary/aromatic N) is 2. The summed E-state index contributed by atoms with van der Waals surface area (Å²) in [5.74, 6) is 0. The Bertz CT molecular complexity index is 438. The Hall–Kier alpha value is -1.55. The molecule has 1 aliphatic heterocycles. The highest BCUT2D eigenvalue weighted by atomic mass is 16.2. The minimum absolute atomic E-state index is 0.0785. The van der Waals surface area contributed by atoms with E-state index in [9.17, 15) is 4.79 Å². The molecule has 1 unspecified atom stereocenters. The fourth-order valence-electron chi connectivity index (χ4n) is 2.44. The lowest BCUT2D eigenvalue weighted by Gasteiger charge is -2.21. The molecule has 1 atom stereocenters. The molecule has 1 aromatic rings. The molecular formula is C14H21N3O. The Balaban J connectivity index is 2.08. The number of aryl methyl sites for hydroxylation is 2. The monoisotopic (exact) mass is 247 g/mol. The first-order valence-electron chi connectivity index (χ1n) is 6.31. The molecule has 1 saturated heterocycles. The van der Waals surface area contributed by atoms with Crippen LogP contribution < -0.4 is 5.73 Å². The molecule has 98 valence electrons. The van der Waals surface area contributed by atoms with Crippen LogP contribution >= 0.6 is 0 Å². The second-order valence-corrected chi connectivity index (χ2v) is 5.18. The van der Waals surface area contributed by atoms with Gasteiger partial charge < -0.3 is 15.5 Å². The predicted octanol–water partition coefficient (Wildman–Crippen LogP) is 1.67. The van der Waals surface area contributed by atoms with Crippen molar-refractivity contribution in [1.29, 1.82) is 0 Å². The van der Waals surface area contributed by atoms with Crippen LogP contribution in [0.25, 0.3) is 0 Å². The Kier molecular flexibility index (Phi) is 3.57. The summed E-state index contributed by atoms with van der Waals surface area (Å²) in [6, 6.07) is 6.29. The lowest BCUT2D eigenvalue weighted by molar-refractivity contribution is 0.196. The van der Waals surface area contributed by atoms with Gasteiger partial charge in [-0.3, -0.25) is 0 Å². The summed E-state index contributed by atoms with van der Waals surface area (Å²) in [6.07, 6.45) is 0. The van der Waals surface area contributed by atoms with Crippen LogP contribution in [-0.4, -0.2) is 42.5 Å². The minimum atomic E-state index is -0.112. The Morgan fingerprint density at radius 1 is 1.22 bits per heavy atom. The van der Waals surface area contributed by atoms with Gasteiger partial charge in [0.25, 0.3) is 0 Å². The topological polar surface area (TPSA) is 49.6 Å². The number of urea groups is 1. The van der Waals surface area contributed by atoms with Crippen molar-refractivity contribution in [2.24, 2.45) is 5.73 Å². The standard InChI is InChI=1S/C14H21N3O/c1-10-6-11(2)8-12(7-10)13(15)9-17-5-4-16(3)14(17)18/h6-8,13H,4-5,9,15H2,1-3H3. The number of hydrogen-bond acceptors (Lipinski definition) is 2. The number of amides is 2. The predicted molar refractivity (Wildman–Crippen MR) is 72.4 cm³/mol. The lowest BCUT2D eigenvalue weighted by Crippen LogP contribution is -2.35. The van der Waals surface area contributed by atoms with Gasteiger partial charge in [0.1, 0.15) is 0 Å². The minimum Gasteiger partial charge on any atom is -0.326 e. The van der Waals surface area contributed by atoms with Crippen molar-refractivity contribution in [2.75, 3.05) is 26.7 Å². The van der Waals surface area contributed by atoms with Crippen molar-refractivity contribution < 1.29 is 4.79 Å². The molecule has 1 fully saturated rings. The molecule has 2 N–H and O–H groups in total. The van der Waals surface area contributed by atoms with Gasteiger partial charge in [0.2, 0.25) is 0 Å². The highest BCUT2D eigenvalue weighted by Gasteiger charge is 2.26.